The number of halogens is 3. The smallest absolute Gasteiger partial charge is 0.385 e. The fourth-order valence-corrected chi connectivity index (χ4v) is 1.93. The Kier molecular flexibility index (Phi) is 6.83. The molecule has 0 saturated heterocycles. The van der Waals surface area contributed by atoms with Gasteiger partial charge in [0.15, 0.2) is 0 Å². The Labute approximate surface area is 128 Å². The molecule has 7 heteroatoms. The maximum Gasteiger partial charge on any atom is 0.418 e. The number of benzene rings is 1. The molecule has 0 aliphatic carbocycles. The van der Waals surface area contributed by atoms with Crippen LogP contribution in [0, 0.1) is 0 Å². The monoisotopic (exact) mass is 318 g/mol. The molecule has 0 bridgehead atoms. The molecule has 1 aromatic carbocycles. The molecule has 124 valence electrons. The number of nitrogens with one attached hydrogen (secondary N) is 1. The Morgan fingerprint density at radius 1 is 1.36 bits per heavy atom. The lowest BCUT2D eigenvalue weighted by molar-refractivity contribution is -0.137. The van der Waals surface area contributed by atoms with Crippen molar-refractivity contribution in [2.75, 3.05) is 32.6 Å². The van der Waals surface area contributed by atoms with Crippen molar-refractivity contribution < 1.29 is 22.7 Å². The zero-order valence-corrected chi connectivity index (χ0v) is 12.9. The summed E-state index contributed by atoms with van der Waals surface area (Å²) in [7, 11) is 3.33. The van der Waals surface area contributed by atoms with Crippen molar-refractivity contribution in [2.45, 2.75) is 25.6 Å². The largest absolute Gasteiger partial charge is 0.418 e. The van der Waals surface area contributed by atoms with Crippen LogP contribution in [0.3, 0.4) is 0 Å². The van der Waals surface area contributed by atoms with E-state index in [1.807, 2.05) is 0 Å². The first-order valence-corrected chi connectivity index (χ1v) is 6.93. The molecule has 1 unspecified atom stereocenters. The number of hydrogen-bond donors (Lipinski definition) is 1. The standard InChI is InChI=1S/C15H21F3N2O2/c1-11(20(2)9-6-10-22-3)14(21)19-13-8-5-4-7-12(13)15(16,17)18/h4-5,7-8,11H,6,9-10H2,1-3H3,(H,19,21). The van der Waals surface area contributed by atoms with Gasteiger partial charge in [-0.15, -0.1) is 0 Å². The van der Waals surface area contributed by atoms with Gasteiger partial charge in [-0.25, -0.2) is 0 Å². The number of amides is 1. The quantitative estimate of drug-likeness (QED) is 0.786. The molecule has 0 fully saturated rings. The van der Waals surface area contributed by atoms with E-state index < -0.39 is 23.7 Å². The van der Waals surface area contributed by atoms with Gasteiger partial charge in [0.05, 0.1) is 17.3 Å². The van der Waals surface area contributed by atoms with Crippen molar-refractivity contribution in [3.63, 3.8) is 0 Å². The van der Waals surface area contributed by atoms with Gasteiger partial charge in [-0.2, -0.15) is 13.2 Å². The van der Waals surface area contributed by atoms with Crippen LogP contribution in [0.4, 0.5) is 18.9 Å². The molecule has 0 aliphatic heterocycles. The van der Waals surface area contributed by atoms with Crippen LogP contribution in [0.25, 0.3) is 0 Å². The molecular formula is C15H21F3N2O2. The van der Waals surface area contributed by atoms with E-state index in [0.717, 1.165) is 12.5 Å². The number of methoxy groups -OCH3 is 1. The number of para-hydroxylation sites is 1. The van der Waals surface area contributed by atoms with E-state index in [-0.39, 0.29) is 5.69 Å². The van der Waals surface area contributed by atoms with E-state index in [1.54, 1.807) is 26.0 Å². The summed E-state index contributed by atoms with van der Waals surface area (Å²) in [6.07, 6.45) is -3.76. The lowest BCUT2D eigenvalue weighted by Crippen LogP contribution is -2.40. The number of alkyl halides is 3. The lowest BCUT2D eigenvalue weighted by atomic mass is 10.1. The van der Waals surface area contributed by atoms with E-state index in [4.69, 9.17) is 4.74 Å². The first-order valence-electron chi connectivity index (χ1n) is 6.93. The van der Waals surface area contributed by atoms with Crippen molar-refractivity contribution in [1.82, 2.24) is 4.90 Å². The molecule has 1 aromatic rings. The summed E-state index contributed by atoms with van der Waals surface area (Å²) in [6.45, 7) is 2.83. The van der Waals surface area contributed by atoms with Crippen LogP contribution >= 0.6 is 0 Å². The second-order valence-corrected chi connectivity index (χ2v) is 5.04. The number of nitrogens with zero attached hydrogens (tertiary/aromatic N) is 1. The summed E-state index contributed by atoms with van der Waals surface area (Å²) >= 11 is 0. The highest BCUT2D eigenvalue weighted by molar-refractivity contribution is 5.95. The highest BCUT2D eigenvalue weighted by atomic mass is 19.4. The van der Waals surface area contributed by atoms with Gasteiger partial charge < -0.3 is 10.1 Å². The fourth-order valence-electron chi connectivity index (χ4n) is 1.93. The number of carbonyl (C=O) groups excluding carboxylic acids is 1. The number of ether oxygens (including phenoxy) is 1. The molecule has 0 saturated carbocycles. The first-order chi connectivity index (χ1) is 10.3. The predicted molar refractivity (Wildman–Crippen MR) is 78.7 cm³/mol. The van der Waals surface area contributed by atoms with Gasteiger partial charge in [-0.05, 0) is 32.5 Å². The van der Waals surface area contributed by atoms with E-state index in [2.05, 4.69) is 5.32 Å². The van der Waals surface area contributed by atoms with Gasteiger partial charge in [0, 0.05) is 20.3 Å². The molecule has 4 nitrogen and oxygen atoms in total. The van der Waals surface area contributed by atoms with Crippen molar-refractivity contribution in [1.29, 1.82) is 0 Å². The van der Waals surface area contributed by atoms with Gasteiger partial charge in [0.25, 0.3) is 0 Å². The summed E-state index contributed by atoms with van der Waals surface area (Å²) in [5.74, 6) is -0.475. The minimum atomic E-state index is -4.50. The van der Waals surface area contributed by atoms with Crippen LogP contribution in [0.1, 0.15) is 18.9 Å². The molecule has 0 spiro atoms. The zero-order chi connectivity index (χ0) is 16.8. The SMILES string of the molecule is COCCCN(C)C(C)C(=O)Nc1ccccc1C(F)(F)F. The fraction of sp³-hybridized carbons (Fsp3) is 0.533. The normalized spacial score (nSPS) is 13.2. The maximum absolute atomic E-state index is 12.9. The lowest BCUT2D eigenvalue weighted by Gasteiger charge is -2.24. The first kappa shape index (κ1) is 18.4. The summed E-state index contributed by atoms with van der Waals surface area (Å²) < 4.78 is 43.6. The molecule has 1 atom stereocenters. The third kappa shape index (κ3) is 5.31. The van der Waals surface area contributed by atoms with E-state index in [9.17, 15) is 18.0 Å². The Morgan fingerprint density at radius 2 is 2.00 bits per heavy atom. The van der Waals surface area contributed by atoms with Gasteiger partial charge in [0.1, 0.15) is 0 Å². The number of rotatable bonds is 7. The Hall–Kier alpha value is -1.60. The second kappa shape index (κ2) is 8.14. The van der Waals surface area contributed by atoms with Crippen molar-refractivity contribution in [3.05, 3.63) is 29.8 Å². The number of hydrogen-bond acceptors (Lipinski definition) is 3. The molecule has 1 amide bonds. The van der Waals surface area contributed by atoms with Crippen molar-refractivity contribution in [2.24, 2.45) is 0 Å². The van der Waals surface area contributed by atoms with Crippen LogP contribution in [0.15, 0.2) is 24.3 Å². The van der Waals surface area contributed by atoms with Gasteiger partial charge >= 0.3 is 6.18 Å². The van der Waals surface area contributed by atoms with Gasteiger partial charge in [-0.1, -0.05) is 12.1 Å². The maximum atomic E-state index is 12.9. The van der Waals surface area contributed by atoms with Crippen molar-refractivity contribution in [3.8, 4) is 0 Å². The molecule has 0 heterocycles. The minimum Gasteiger partial charge on any atom is -0.385 e. The molecular weight excluding hydrogens is 297 g/mol. The highest BCUT2D eigenvalue weighted by Gasteiger charge is 2.34. The highest BCUT2D eigenvalue weighted by Crippen LogP contribution is 2.34. The van der Waals surface area contributed by atoms with Crippen LogP contribution < -0.4 is 5.32 Å². The number of carbonyl (C=O) groups is 1. The third-order valence-corrected chi connectivity index (χ3v) is 3.39. The molecule has 0 aromatic heterocycles. The van der Waals surface area contributed by atoms with Crippen LogP contribution in [-0.2, 0) is 15.7 Å². The van der Waals surface area contributed by atoms with E-state index in [0.29, 0.717) is 13.2 Å². The number of anilines is 1. The Balaban J connectivity index is 2.72. The predicted octanol–water partition coefficient (Wildman–Crippen LogP) is 3.00. The Morgan fingerprint density at radius 3 is 2.59 bits per heavy atom. The molecule has 1 rings (SSSR count). The average Bonchev–Trinajstić information content (AvgIpc) is 2.46. The summed E-state index contributed by atoms with van der Waals surface area (Å²) in [5, 5.41) is 2.36. The molecule has 0 radical (unpaired) electrons. The van der Waals surface area contributed by atoms with Crippen LogP contribution in [0.5, 0.6) is 0 Å². The van der Waals surface area contributed by atoms with E-state index >= 15 is 0 Å². The van der Waals surface area contributed by atoms with Crippen LogP contribution in [-0.4, -0.2) is 44.2 Å². The summed E-state index contributed by atoms with van der Waals surface area (Å²) in [4.78, 5) is 13.9. The van der Waals surface area contributed by atoms with E-state index in [1.165, 1.54) is 18.2 Å². The minimum absolute atomic E-state index is 0.225. The molecule has 1 N–H and O–H groups in total. The topological polar surface area (TPSA) is 41.6 Å². The molecule has 0 aliphatic rings. The van der Waals surface area contributed by atoms with Crippen LogP contribution in [0.2, 0.25) is 0 Å². The molecule has 22 heavy (non-hydrogen) atoms. The zero-order valence-electron chi connectivity index (χ0n) is 12.9. The third-order valence-electron chi connectivity index (χ3n) is 3.39. The van der Waals surface area contributed by atoms with Crippen molar-refractivity contribution >= 4 is 11.6 Å². The van der Waals surface area contributed by atoms with Gasteiger partial charge in [0.2, 0.25) is 5.91 Å². The average molecular weight is 318 g/mol. The Bertz CT molecular complexity index is 492. The summed E-state index contributed by atoms with van der Waals surface area (Å²) in [6, 6.07) is 4.40. The summed E-state index contributed by atoms with van der Waals surface area (Å²) in [5.41, 5.74) is -1.07. The van der Waals surface area contributed by atoms with Gasteiger partial charge in [-0.3, -0.25) is 9.69 Å². The second-order valence-electron chi connectivity index (χ2n) is 5.04. The number of likely N-dealkylation sites (N-methyl/N-ethyl adjacent to an activating group) is 1.